The van der Waals surface area contributed by atoms with Crippen LogP contribution in [0.15, 0.2) is 59.6 Å². The summed E-state index contributed by atoms with van der Waals surface area (Å²) in [6.45, 7) is 0. The van der Waals surface area contributed by atoms with E-state index in [9.17, 15) is 0 Å². The average Bonchev–Trinajstić information content (AvgIpc) is 3.31. The molecule has 118 valence electrons. The number of nitrogens with zero attached hydrogens (tertiary/aromatic N) is 7. The standard InChI is InChI=1S/C16H13N7O/c1-2-5-12(6-3-1)15-21-13(22-24-15)7-8-14-19-11-20-23(14)16-17-9-4-10-18-16/h1-6,9-11H,7-8H2. The molecule has 8 nitrogen and oxygen atoms in total. The first-order valence-electron chi connectivity index (χ1n) is 7.44. The van der Waals surface area contributed by atoms with Crippen LogP contribution in [-0.2, 0) is 12.8 Å². The van der Waals surface area contributed by atoms with E-state index in [0.717, 1.165) is 11.4 Å². The van der Waals surface area contributed by atoms with E-state index in [1.165, 1.54) is 6.33 Å². The zero-order valence-corrected chi connectivity index (χ0v) is 12.6. The number of aryl methyl sites for hydroxylation is 2. The highest BCUT2D eigenvalue weighted by Crippen LogP contribution is 2.16. The molecule has 0 amide bonds. The molecule has 0 bridgehead atoms. The summed E-state index contributed by atoms with van der Waals surface area (Å²) in [7, 11) is 0. The maximum absolute atomic E-state index is 5.31. The fourth-order valence-corrected chi connectivity index (χ4v) is 2.28. The Morgan fingerprint density at radius 1 is 0.917 bits per heavy atom. The molecular weight excluding hydrogens is 306 g/mol. The van der Waals surface area contributed by atoms with Crippen LogP contribution in [0.3, 0.4) is 0 Å². The molecule has 0 aliphatic rings. The quantitative estimate of drug-likeness (QED) is 0.554. The summed E-state index contributed by atoms with van der Waals surface area (Å²) < 4.78 is 6.92. The summed E-state index contributed by atoms with van der Waals surface area (Å²) in [4.78, 5) is 17.0. The maximum Gasteiger partial charge on any atom is 0.257 e. The Hall–Kier alpha value is -3.42. The molecule has 0 fully saturated rings. The summed E-state index contributed by atoms with van der Waals surface area (Å²) in [6, 6.07) is 11.4. The molecule has 24 heavy (non-hydrogen) atoms. The number of benzene rings is 1. The van der Waals surface area contributed by atoms with Crippen molar-refractivity contribution in [2.45, 2.75) is 12.8 Å². The number of aromatic nitrogens is 7. The zero-order valence-electron chi connectivity index (χ0n) is 12.6. The van der Waals surface area contributed by atoms with Gasteiger partial charge in [0.1, 0.15) is 12.2 Å². The van der Waals surface area contributed by atoms with Crippen molar-refractivity contribution < 1.29 is 4.52 Å². The second-order valence-electron chi connectivity index (χ2n) is 5.02. The zero-order chi connectivity index (χ0) is 16.2. The predicted octanol–water partition coefficient (Wildman–Crippen LogP) is 1.89. The third-order valence-corrected chi connectivity index (χ3v) is 3.42. The van der Waals surface area contributed by atoms with E-state index in [2.05, 4.69) is 30.2 Å². The molecule has 0 atom stereocenters. The van der Waals surface area contributed by atoms with Crippen molar-refractivity contribution in [2.24, 2.45) is 0 Å². The Bertz CT molecular complexity index is 918. The lowest BCUT2D eigenvalue weighted by atomic mass is 10.2. The fraction of sp³-hybridized carbons (Fsp3) is 0.125. The van der Waals surface area contributed by atoms with E-state index in [1.54, 1.807) is 23.1 Å². The lowest BCUT2D eigenvalue weighted by Crippen LogP contribution is -2.08. The van der Waals surface area contributed by atoms with Crippen LogP contribution in [0, 0.1) is 0 Å². The molecule has 0 radical (unpaired) electrons. The molecule has 0 unspecified atom stereocenters. The van der Waals surface area contributed by atoms with Crippen LogP contribution in [0.4, 0.5) is 0 Å². The van der Waals surface area contributed by atoms with Gasteiger partial charge in [0.15, 0.2) is 5.82 Å². The van der Waals surface area contributed by atoms with Gasteiger partial charge in [-0.3, -0.25) is 0 Å². The largest absolute Gasteiger partial charge is 0.334 e. The van der Waals surface area contributed by atoms with Gasteiger partial charge in [-0.05, 0) is 18.2 Å². The van der Waals surface area contributed by atoms with Crippen molar-refractivity contribution in [2.75, 3.05) is 0 Å². The highest BCUT2D eigenvalue weighted by atomic mass is 16.5. The van der Waals surface area contributed by atoms with Crippen molar-refractivity contribution in [1.82, 2.24) is 34.9 Å². The van der Waals surface area contributed by atoms with Gasteiger partial charge in [-0.1, -0.05) is 23.4 Å². The van der Waals surface area contributed by atoms with Crippen molar-refractivity contribution in [3.8, 4) is 17.4 Å². The maximum atomic E-state index is 5.31. The molecule has 1 aromatic carbocycles. The van der Waals surface area contributed by atoms with Gasteiger partial charge in [-0.25, -0.2) is 15.0 Å². The Labute approximate surface area is 137 Å². The van der Waals surface area contributed by atoms with Gasteiger partial charge < -0.3 is 4.52 Å². The molecule has 0 aliphatic heterocycles. The third-order valence-electron chi connectivity index (χ3n) is 3.42. The highest BCUT2D eigenvalue weighted by molar-refractivity contribution is 5.51. The van der Waals surface area contributed by atoms with Gasteiger partial charge in [0.05, 0.1) is 0 Å². The lowest BCUT2D eigenvalue weighted by Gasteiger charge is -2.02. The fourth-order valence-electron chi connectivity index (χ4n) is 2.28. The van der Waals surface area contributed by atoms with Gasteiger partial charge in [-0.15, -0.1) is 0 Å². The third kappa shape index (κ3) is 2.89. The first kappa shape index (κ1) is 14.2. The smallest absolute Gasteiger partial charge is 0.257 e. The van der Waals surface area contributed by atoms with Crippen LogP contribution >= 0.6 is 0 Å². The van der Waals surface area contributed by atoms with E-state index in [1.807, 2.05) is 30.3 Å². The molecule has 0 spiro atoms. The molecule has 4 aromatic rings. The second kappa shape index (κ2) is 6.37. The van der Waals surface area contributed by atoms with E-state index < -0.39 is 0 Å². The molecule has 3 heterocycles. The van der Waals surface area contributed by atoms with Gasteiger partial charge in [-0.2, -0.15) is 14.8 Å². The summed E-state index contributed by atoms with van der Waals surface area (Å²) in [5.74, 6) is 2.37. The monoisotopic (exact) mass is 319 g/mol. The minimum absolute atomic E-state index is 0.489. The van der Waals surface area contributed by atoms with Crippen molar-refractivity contribution in [3.63, 3.8) is 0 Å². The van der Waals surface area contributed by atoms with Crippen molar-refractivity contribution in [1.29, 1.82) is 0 Å². The molecule has 0 N–H and O–H groups in total. The van der Waals surface area contributed by atoms with Crippen LogP contribution in [0.2, 0.25) is 0 Å². The minimum Gasteiger partial charge on any atom is -0.334 e. The molecular formula is C16H13N7O. The molecule has 3 aromatic heterocycles. The first-order chi connectivity index (χ1) is 11.9. The van der Waals surface area contributed by atoms with Crippen molar-refractivity contribution in [3.05, 3.63) is 66.8 Å². The van der Waals surface area contributed by atoms with E-state index >= 15 is 0 Å². The average molecular weight is 319 g/mol. The topological polar surface area (TPSA) is 95.4 Å². The summed E-state index contributed by atoms with van der Waals surface area (Å²) in [5, 5.41) is 8.19. The molecule has 0 aliphatic carbocycles. The van der Waals surface area contributed by atoms with E-state index in [0.29, 0.717) is 30.5 Å². The second-order valence-corrected chi connectivity index (χ2v) is 5.02. The lowest BCUT2D eigenvalue weighted by molar-refractivity contribution is 0.422. The molecule has 4 rings (SSSR count). The van der Waals surface area contributed by atoms with Gasteiger partial charge >= 0.3 is 0 Å². The Morgan fingerprint density at radius 2 is 1.75 bits per heavy atom. The predicted molar refractivity (Wildman–Crippen MR) is 84.1 cm³/mol. The summed E-state index contributed by atoms with van der Waals surface area (Å²) in [5.41, 5.74) is 0.900. The van der Waals surface area contributed by atoms with Crippen LogP contribution < -0.4 is 0 Å². The van der Waals surface area contributed by atoms with E-state index in [4.69, 9.17) is 4.52 Å². The van der Waals surface area contributed by atoms with E-state index in [-0.39, 0.29) is 0 Å². The molecule has 0 saturated carbocycles. The van der Waals surface area contributed by atoms with Crippen LogP contribution in [0.5, 0.6) is 0 Å². The number of rotatable bonds is 5. The van der Waals surface area contributed by atoms with Gasteiger partial charge in [0.2, 0.25) is 0 Å². The normalized spacial score (nSPS) is 10.8. The number of hydrogen-bond donors (Lipinski definition) is 0. The molecule has 8 heteroatoms. The summed E-state index contributed by atoms with van der Waals surface area (Å²) >= 11 is 0. The van der Waals surface area contributed by atoms with Gasteiger partial charge in [0, 0.05) is 30.8 Å². The van der Waals surface area contributed by atoms with Crippen molar-refractivity contribution >= 4 is 0 Å². The Kier molecular flexibility index (Phi) is 3.77. The first-order valence-corrected chi connectivity index (χ1v) is 7.44. The Morgan fingerprint density at radius 3 is 2.58 bits per heavy atom. The molecule has 0 saturated heterocycles. The van der Waals surface area contributed by atoms with Crippen LogP contribution in [0.1, 0.15) is 11.6 Å². The SMILES string of the molecule is c1ccc(-c2nc(CCc3ncnn3-c3ncccn3)no2)cc1. The number of hydrogen-bond acceptors (Lipinski definition) is 7. The van der Waals surface area contributed by atoms with Crippen LogP contribution in [-0.4, -0.2) is 34.9 Å². The Balaban J connectivity index is 1.49. The van der Waals surface area contributed by atoms with Gasteiger partial charge in [0.25, 0.3) is 11.8 Å². The minimum atomic E-state index is 0.489. The highest BCUT2D eigenvalue weighted by Gasteiger charge is 2.12. The van der Waals surface area contributed by atoms with Crippen LogP contribution in [0.25, 0.3) is 17.4 Å². The summed E-state index contributed by atoms with van der Waals surface area (Å²) in [6.07, 6.45) is 6.00.